The average Bonchev–Trinajstić information content (AvgIpc) is 2.22. The fraction of sp³-hybridized carbons (Fsp3) is 0.917. The lowest BCUT2D eigenvalue weighted by molar-refractivity contribution is -0.122. The van der Waals surface area contributed by atoms with Gasteiger partial charge in [0.25, 0.3) is 0 Å². The van der Waals surface area contributed by atoms with Crippen molar-refractivity contribution in [1.82, 2.24) is 5.32 Å². The van der Waals surface area contributed by atoms with E-state index < -0.39 is 6.10 Å². The lowest BCUT2D eigenvalue weighted by atomic mass is 9.80. The number of rotatable bonds is 7. The molecular weight excluding hydrogens is 206 g/mol. The molecule has 0 aromatic heterocycles. The summed E-state index contributed by atoms with van der Waals surface area (Å²) in [7, 11) is 1.57. The second-order valence-electron chi connectivity index (χ2n) is 5.20. The predicted molar refractivity (Wildman–Crippen MR) is 64.1 cm³/mol. The lowest BCUT2D eigenvalue weighted by Gasteiger charge is -2.33. The minimum atomic E-state index is -0.421. The summed E-state index contributed by atoms with van der Waals surface area (Å²) in [4.78, 5) is 11.4. The Bertz CT molecular complexity index is 214. The van der Waals surface area contributed by atoms with Crippen molar-refractivity contribution in [3.8, 4) is 0 Å². The number of carbonyl (C=O) groups is 1. The highest BCUT2D eigenvalue weighted by Crippen LogP contribution is 2.24. The topological polar surface area (TPSA) is 58.6 Å². The standard InChI is InChI=1S/C12H25NO3/c1-9(2)11(15)12(3,4)8-13-10(14)6-7-16-5/h9,11,15H,6-8H2,1-5H3,(H,13,14). The maximum Gasteiger partial charge on any atom is 0.222 e. The molecule has 16 heavy (non-hydrogen) atoms. The van der Waals surface area contributed by atoms with Crippen molar-refractivity contribution in [2.24, 2.45) is 11.3 Å². The van der Waals surface area contributed by atoms with Crippen LogP contribution in [-0.4, -0.2) is 37.4 Å². The molecule has 4 heteroatoms. The van der Waals surface area contributed by atoms with Crippen molar-refractivity contribution in [3.63, 3.8) is 0 Å². The SMILES string of the molecule is COCCC(=O)NCC(C)(C)C(O)C(C)C. The molecule has 0 bridgehead atoms. The first-order valence-electron chi connectivity index (χ1n) is 5.75. The fourth-order valence-corrected chi connectivity index (χ4v) is 1.62. The van der Waals surface area contributed by atoms with Gasteiger partial charge in [0.05, 0.1) is 12.7 Å². The Morgan fingerprint density at radius 3 is 2.44 bits per heavy atom. The second kappa shape index (κ2) is 6.86. The summed E-state index contributed by atoms with van der Waals surface area (Å²) in [6.07, 6.45) is -0.0557. The summed E-state index contributed by atoms with van der Waals surface area (Å²) < 4.78 is 4.82. The molecule has 2 N–H and O–H groups in total. The summed E-state index contributed by atoms with van der Waals surface area (Å²) in [6, 6.07) is 0. The van der Waals surface area contributed by atoms with Gasteiger partial charge >= 0.3 is 0 Å². The normalized spacial score (nSPS) is 13.9. The Kier molecular flexibility index (Phi) is 6.60. The number of nitrogens with one attached hydrogen (secondary N) is 1. The maximum atomic E-state index is 11.4. The first kappa shape index (κ1) is 15.4. The minimum Gasteiger partial charge on any atom is -0.392 e. The van der Waals surface area contributed by atoms with Crippen LogP contribution in [-0.2, 0) is 9.53 Å². The molecule has 0 saturated heterocycles. The molecule has 0 radical (unpaired) electrons. The van der Waals surface area contributed by atoms with Crippen LogP contribution >= 0.6 is 0 Å². The lowest BCUT2D eigenvalue weighted by Crippen LogP contribution is -2.43. The molecule has 0 aliphatic carbocycles. The summed E-state index contributed by atoms with van der Waals surface area (Å²) in [5, 5.41) is 12.8. The van der Waals surface area contributed by atoms with Crippen molar-refractivity contribution >= 4 is 5.91 Å². The largest absolute Gasteiger partial charge is 0.392 e. The fourth-order valence-electron chi connectivity index (χ4n) is 1.62. The van der Waals surface area contributed by atoms with Crippen LogP contribution in [0.3, 0.4) is 0 Å². The van der Waals surface area contributed by atoms with E-state index in [1.54, 1.807) is 7.11 Å². The smallest absolute Gasteiger partial charge is 0.222 e. The van der Waals surface area contributed by atoms with Gasteiger partial charge in [-0.05, 0) is 5.92 Å². The van der Waals surface area contributed by atoms with Crippen molar-refractivity contribution in [1.29, 1.82) is 0 Å². The Balaban J connectivity index is 4.03. The summed E-state index contributed by atoms with van der Waals surface area (Å²) in [5.74, 6) is 0.150. The highest BCUT2D eigenvalue weighted by molar-refractivity contribution is 5.75. The Morgan fingerprint density at radius 1 is 1.44 bits per heavy atom. The molecule has 0 fully saturated rings. The van der Waals surface area contributed by atoms with Crippen molar-refractivity contribution < 1.29 is 14.6 Å². The van der Waals surface area contributed by atoms with Crippen LogP contribution in [0.15, 0.2) is 0 Å². The van der Waals surface area contributed by atoms with E-state index >= 15 is 0 Å². The zero-order chi connectivity index (χ0) is 12.8. The first-order chi connectivity index (χ1) is 7.31. The second-order valence-corrected chi connectivity index (χ2v) is 5.20. The van der Waals surface area contributed by atoms with Crippen LogP contribution in [0.1, 0.15) is 34.1 Å². The first-order valence-corrected chi connectivity index (χ1v) is 5.75. The van der Waals surface area contributed by atoms with E-state index in [1.807, 2.05) is 27.7 Å². The Hall–Kier alpha value is -0.610. The number of amides is 1. The van der Waals surface area contributed by atoms with Crippen LogP contribution < -0.4 is 5.32 Å². The van der Waals surface area contributed by atoms with E-state index in [2.05, 4.69) is 5.32 Å². The molecule has 4 nitrogen and oxygen atoms in total. The molecule has 0 aromatic carbocycles. The summed E-state index contributed by atoms with van der Waals surface area (Å²) in [6.45, 7) is 8.76. The molecule has 0 aromatic rings. The Morgan fingerprint density at radius 2 is 2.00 bits per heavy atom. The summed E-state index contributed by atoms with van der Waals surface area (Å²) >= 11 is 0. The third-order valence-electron chi connectivity index (χ3n) is 2.71. The van der Waals surface area contributed by atoms with Gasteiger partial charge in [-0.15, -0.1) is 0 Å². The number of carbonyl (C=O) groups excluding carboxylic acids is 1. The van der Waals surface area contributed by atoms with E-state index in [9.17, 15) is 9.90 Å². The van der Waals surface area contributed by atoms with Gasteiger partial charge in [-0.2, -0.15) is 0 Å². The zero-order valence-corrected chi connectivity index (χ0v) is 11.0. The third kappa shape index (κ3) is 5.47. The number of aliphatic hydroxyl groups excluding tert-OH is 1. The van der Waals surface area contributed by atoms with Crippen LogP contribution in [0.5, 0.6) is 0 Å². The van der Waals surface area contributed by atoms with Crippen LogP contribution in [0, 0.1) is 11.3 Å². The molecule has 0 aliphatic heterocycles. The third-order valence-corrected chi connectivity index (χ3v) is 2.71. The van der Waals surface area contributed by atoms with Gasteiger partial charge < -0.3 is 15.2 Å². The molecule has 1 amide bonds. The molecule has 0 spiro atoms. The number of hydrogen-bond donors (Lipinski definition) is 2. The molecule has 0 rings (SSSR count). The summed E-state index contributed by atoms with van der Waals surface area (Å²) in [5.41, 5.74) is -0.309. The molecule has 0 aliphatic rings. The van der Waals surface area contributed by atoms with Gasteiger partial charge in [0.1, 0.15) is 0 Å². The number of ether oxygens (including phenoxy) is 1. The maximum absolute atomic E-state index is 11.4. The van der Waals surface area contributed by atoms with Gasteiger partial charge in [-0.25, -0.2) is 0 Å². The number of hydrogen-bond acceptors (Lipinski definition) is 3. The zero-order valence-electron chi connectivity index (χ0n) is 11.0. The van der Waals surface area contributed by atoms with E-state index in [0.29, 0.717) is 19.6 Å². The molecular formula is C12H25NO3. The highest BCUT2D eigenvalue weighted by Gasteiger charge is 2.30. The molecule has 1 atom stereocenters. The van der Waals surface area contributed by atoms with Crippen LogP contribution in [0.25, 0.3) is 0 Å². The quantitative estimate of drug-likeness (QED) is 0.692. The average molecular weight is 231 g/mol. The molecule has 1 unspecified atom stereocenters. The van der Waals surface area contributed by atoms with Gasteiger partial charge in [-0.3, -0.25) is 4.79 Å². The van der Waals surface area contributed by atoms with E-state index in [1.165, 1.54) is 0 Å². The van der Waals surface area contributed by atoms with Crippen LogP contribution in [0.4, 0.5) is 0 Å². The monoisotopic (exact) mass is 231 g/mol. The van der Waals surface area contributed by atoms with Gasteiger partial charge in [0.15, 0.2) is 0 Å². The van der Waals surface area contributed by atoms with Crippen LogP contribution in [0.2, 0.25) is 0 Å². The van der Waals surface area contributed by atoms with Crippen molar-refractivity contribution in [2.75, 3.05) is 20.3 Å². The van der Waals surface area contributed by atoms with Gasteiger partial charge in [0.2, 0.25) is 5.91 Å². The van der Waals surface area contributed by atoms with Crippen molar-refractivity contribution in [3.05, 3.63) is 0 Å². The van der Waals surface area contributed by atoms with E-state index in [0.717, 1.165) is 0 Å². The molecule has 0 heterocycles. The molecule has 0 saturated carbocycles. The highest BCUT2D eigenvalue weighted by atomic mass is 16.5. The van der Waals surface area contributed by atoms with Gasteiger partial charge in [0, 0.05) is 25.5 Å². The van der Waals surface area contributed by atoms with E-state index in [4.69, 9.17) is 4.74 Å². The predicted octanol–water partition coefficient (Wildman–Crippen LogP) is 1.18. The number of methoxy groups -OCH3 is 1. The Labute approximate surface area is 98.4 Å². The minimum absolute atomic E-state index is 0.0362. The van der Waals surface area contributed by atoms with Crippen molar-refractivity contribution in [2.45, 2.75) is 40.2 Å². The van der Waals surface area contributed by atoms with E-state index in [-0.39, 0.29) is 17.2 Å². The molecule has 96 valence electrons. The number of aliphatic hydroxyl groups is 1. The van der Waals surface area contributed by atoms with Gasteiger partial charge in [-0.1, -0.05) is 27.7 Å².